The zero-order chi connectivity index (χ0) is 23.0. The zero-order valence-electron chi connectivity index (χ0n) is 18.6. The fourth-order valence-corrected chi connectivity index (χ4v) is 3.87. The summed E-state index contributed by atoms with van der Waals surface area (Å²) in [4.78, 5) is 39.5. The third kappa shape index (κ3) is 5.49. The van der Waals surface area contributed by atoms with Gasteiger partial charge in [-0.25, -0.2) is 9.59 Å². The number of carbonyl (C=O) groups excluding carboxylic acids is 3. The minimum Gasteiger partial charge on any atom is -0.455 e. The second-order valence-electron chi connectivity index (χ2n) is 9.42. The predicted octanol–water partition coefficient (Wildman–Crippen LogP) is 3.05. The van der Waals surface area contributed by atoms with Crippen LogP contribution in [0.15, 0.2) is 22.9 Å². The number of alkyl carbamates (subject to hydrolysis) is 1. The van der Waals surface area contributed by atoms with Gasteiger partial charge in [-0.2, -0.15) is 0 Å². The van der Waals surface area contributed by atoms with Crippen LogP contribution in [-0.4, -0.2) is 56.4 Å². The molecule has 3 heterocycles. The standard InChI is InChI=1S/C21H28N4O5S/c1-20(2,3)29-18(27)16-12(8-10-14-24-22-11-31-14)7-9-13-15(17(26)25(13)16)23-19(28)30-21(4,5)6/h8,10-11,13,15H,7,9H2,1-6H3,(H,23,28)/b10-8+. The topological polar surface area (TPSA) is 111 Å². The van der Waals surface area contributed by atoms with Crippen molar-refractivity contribution in [3.8, 4) is 0 Å². The molecule has 0 radical (unpaired) electrons. The molecule has 168 valence electrons. The lowest BCUT2D eigenvalue weighted by molar-refractivity contribution is -0.161. The number of esters is 1. The zero-order valence-corrected chi connectivity index (χ0v) is 19.4. The molecule has 1 aromatic heterocycles. The minimum absolute atomic E-state index is 0.208. The highest BCUT2D eigenvalue weighted by molar-refractivity contribution is 7.10. The Bertz CT molecular complexity index is 925. The Hall–Kier alpha value is -2.75. The number of amides is 2. The van der Waals surface area contributed by atoms with Gasteiger partial charge in [-0.05, 0) is 66.0 Å². The van der Waals surface area contributed by atoms with Crippen LogP contribution in [-0.2, 0) is 19.1 Å². The maximum atomic E-state index is 13.0. The molecule has 1 fully saturated rings. The monoisotopic (exact) mass is 448 g/mol. The average molecular weight is 449 g/mol. The maximum absolute atomic E-state index is 13.0. The maximum Gasteiger partial charge on any atom is 0.408 e. The predicted molar refractivity (Wildman–Crippen MR) is 115 cm³/mol. The van der Waals surface area contributed by atoms with E-state index >= 15 is 0 Å². The first-order valence-electron chi connectivity index (χ1n) is 10.1. The van der Waals surface area contributed by atoms with Crippen LogP contribution in [0.25, 0.3) is 6.08 Å². The van der Waals surface area contributed by atoms with Gasteiger partial charge in [0, 0.05) is 0 Å². The minimum atomic E-state index is -0.735. The lowest BCUT2D eigenvalue weighted by Gasteiger charge is -2.50. The third-order valence-corrected chi connectivity index (χ3v) is 5.20. The van der Waals surface area contributed by atoms with Crippen molar-refractivity contribution in [1.29, 1.82) is 0 Å². The molecule has 0 spiro atoms. The number of hydrogen-bond acceptors (Lipinski definition) is 8. The molecule has 2 atom stereocenters. The molecular formula is C21H28N4O5S. The molecule has 2 unspecified atom stereocenters. The summed E-state index contributed by atoms with van der Waals surface area (Å²) in [5.74, 6) is -0.934. The first kappa shape index (κ1) is 22.9. The van der Waals surface area contributed by atoms with Gasteiger partial charge in [0.15, 0.2) is 0 Å². The normalized spacial score (nSPS) is 21.6. The van der Waals surface area contributed by atoms with Crippen molar-refractivity contribution in [2.75, 3.05) is 0 Å². The van der Waals surface area contributed by atoms with Crippen molar-refractivity contribution in [3.63, 3.8) is 0 Å². The molecule has 1 N–H and O–H groups in total. The Kier molecular flexibility index (Phi) is 6.22. The molecule has 0 saturated carbocycles. The Balaban J connectivity index is 1.85. The van der Waals surface area contributed by atoms with E-state index in [0.717, 1.165) is 0 Å². The molecular weight excluding hydrogens is 420 g/mol. The van der Waals surface area contributed by atoms with E-state index in [1.54, 1.807) is 59.2 Å². The number of nitrogens with one attached hydrogen (secondary N) is 1. The van der Waals surface area contributed by atoms with Gasteiger partial charge in [-0.15, -0.1) is 21.5 Å². The second-order valence-corrected chi connectivity index (χ2v) is 10.3. The molecule has 1 saturated heterocycles. The molecule has 3 rings (SSSR count). The molecule has 0 aromatic carbocycles. The van der Waals surface area contributed by atoms with Crippen LogP contribution in [0.1, 0.15) is 59.4 Å². The van der Waals surface area contributed by atoms with Crippen LogP contribution in [0.5, 0.6) is 0 Å². The van der Waals surface area contributed by atoms with E-state index in [2.05, 4.69) is 15.5 Å². The number of aromatic nitrogens is 2. The van der Waals surface area contributed by atoms with E-state index in [0.29, 0.717) is 23.4 Å². The number of hydrogen-bond donors (Lipinski definition) is 1. The summed E-state index contributed by atoms with van der Waals surface area (Å²) in [5.41, 5.74) is 1.12. The van der Waals surface area contributed by atoms with Gasteiger partial charge in [0.2, 0.25) is 0 Å². The molecule has 0 bridgehead atoms. The summed E-state index contributed by atoms with van der Waals surface area (Å²) in [6, 6.07) is -1.07. The molecule has 9 nitrogen and oxygen atoms in total. The summed E-state index contributed by atoms with van der Waals surface area (Å²) in [6.45, 7) is 10.6. The Morgan fingerprint density at radius 2 is 1.84 bits per heavy atom. The van der Waals surface area contributed by atoms with Crippen LogP contribution in [0, 0.1) is 0 Å². The number of β-lactam (4-membered cyclic amide) rings is 1. The first-order valence-corrected chi connectivity index (χ1v) is 11.0. The van der Waals surface area contributed by atoms with E-state index in [4.69, 9.17) is 9.47 Å². The second kappa shape index (κ2) is 8.41. The lowest BCUT2D eigenvalue weighted by atomic mass is 9.83. The van der Waals surface area contributed by atoms with Crippen LogP contribution in [0.3, 0.4) is 0 Å². The van der Waals surface area contributed by atoms with Gasteiger partial charge in [-0.1, -0.05) is 6.08 Å². The highest BCUT2D eigenvalue weighted by Crippen LogP contribution is 2.38. The van der Waals surface area contributed by atoms with Crippen LogP contribution < -0.4 is 5.32 Å². The molecule has 2 amide bonds. The van der Waals surface area contributed by atoms with Crippen molar-refractivity contribution in [1.82, 2.24) is 20.4 Å². The smallest absolute Gasteiger partial charge is 0.408 e. The number of rotatable bonds is 4. The van der Waals surface area contributed by atoms with Crippen molar-refractivity contribution in [2.45, 2.75) is 77.7 Å². The van der Waals surface area contributed by atoms with E-state index in [1.807, 2.05) is 0 Å². The SMILES string of the molecule is CC(C)(C)OC(=O)NC1C(=O)N2C(C(=O)OC(C)(C)C)=C(/C=C/c3nncs3)CCC12. The van der Waals surface area contributed by atoms with E-state index in [9.17, 15) is 14.4 Å². The third-order valence-electron chi connectivity index (χ3n) is 4.54. The van der Waals surface area contributed by atoms with E-state index in [-0.39, 0.29) is 17.6 Å². The van der Waals surface area contributed by atoms with Crippen LogP contribution in [0.2, 0.25) is 0 Å². The number of allylic oxidation sites excluding steroid dienone is 2. The van der Waals surface area contributed by atoms with Crippen molar-refractivity contribution in [2.24, 2.45) is 0 Å². The summed E-state index contributed by atoms with van der Waals surface area (Å²) in [7, 11) is 0. The Morgan fingerprint density at radius 1 is 1.16 bits per heavy atom. The summed E-state index contributed by atoms with van der Waals surface area (Å²) < 4.78 is 10.8. The fourth-order valence-electron chi connectivity index (χ4n) is 3.43. The molecule has 31 heavy (non-hydrogen) atoms. The van der Waals surface area contributed by atoms with Gasteiger partial charge in [-0.3, -0.25) is 9.69 Å². The molecule has 2 aliphatic heterocycles. The highest BCUT2D eigenvalue weighted by atomic mass is 32.1. The summed E-state index contributed by atoms with van der Waals surface area (Å²) in [6.07, 6.45) is 4.02. The van der Waals surface area contributed by atoms with Gasteiger partial charge >= 0.3 is 12.1 Å². The lowest BCUT2D eigenvalue weighted by Crippen LogP contribution is -2.72. The number of carbonyl (C=O) groups is 3. The Morgan fingerprint density at radius 3 is 2.42 bits per heavy atom. The van der Waals surface area contributed by atoms with Crippen molar-refractivity contribution >= 4 is 35.4 Å². The number of ether oxygens (including phenoxy) is 2. The molecule has 0 aliphatic carbocycles. The molecule has 2 aliphatic rings. The van der Waals surface area contributed by atoms with Gasteiger partial charge < -0.3 is 14.8 Å². The summed E-state index contributed by atoms with van der Waals surface area (Å²) >= 11 is 1.37. The average Bonchev–Trinajstić information content (AvgIpc) is 3.14. The van der Waals surface area contributed by atoms with Gasteiger partial charge in [0.25, 0.3) is 5.91 Å². The molecule has 10 heteroatoms. The van der Waals surface area contributed by atoms with Crippen molar-refractivity contribution < 1.29 is 23.9 Å². The van der Waals surface area contributed by atoms with Gasteiger partial charge in [0.1, 0.15) is 33.5 Å². The Labute approximate surface area is 185 Å². The highest BCUT2D eigenvalue weighted by Gasteiger charge is 2.54. The fraction of sp³-hybridized carbons (Fsp3) is 0.571. The van der Waals surface area contributed by atoms with E-state index < -0.39 is 29.3 Å². The molecule has 1 aromatic rings. The summed E-state index contributed by atoms with van der Waals surface area (Å²) in [5, 5.41) is 11.1. The van der Waals surface area contributed by atoms with Crippen LogP contribution >= 0.6 is 11.3 Å². The quantitative estimate of drug-likeness (QED) is 0.557. The number of nitrogens with zero attached hydrogens (tertiary/aromatic N) is 3. The van der Waals surface area contributed by atoms with Crippen molar-refractivity contribution in [3.05, 3.63) is 27.9 Å². The van der Waals surface area contributed by atoms with Crippen LogP contribution in [0.4, 0.5) is 4.79 Å². The van der Waals surface area contributed by atoms with E-state index in [1.165, 1.54) is 16.2 Å². The van der Waals surface area contributed by atoms with Gasteiger partial charge in [0.05, 0.1) is 6.04 Å². The number of fused-ring (bicyclic) bond motifs is 1. The first-order chi connectivity index (χ1) is 14.4. The largest absolute Gasteiger partial charge is 0.455 e.